The van der Waals surface area contributed by atoms with Crippen molar-refractivity contribution in [2.75, 3.05) is 0 Å². The van der Waals surface area contributed by atoms with Crippen molar-refractivity contribution in [3.63, 3.8) is 0 Å². The standard InChI is InChI=1S/C11H10ClNO2/c1-13-10(7-11(14)15-13)6-8-2-4-9(12)5-3-8/h2-5,7H,6H2,1H3. The van der Waals surface area contributed by atoms with Gasteiger partial charge in [-0.1, -0.05) is 23.7 Å². The average molecular weight is 224 g/mol. The van der Waals surface area contributed by atoms with Crippen molar-refractivity contribution in [2.45, 2.75) is 6.42 Å². The highest BCUT2D eigenvalue weighted by atomic mass is 35.5. The van der Waals surface area contributed by atoms with E-state index in [9.17, 15) is 4.79 Å². The van der Waals surface area contributed by atoms with Gasteiger partial charge in [0.05, 0.1) is 5.69 Å². The molecule has 1 heterocycles. The number of halogens is 1. The quantitative estimate of drug-likeness (QED) is 0.783. The summed E-state index contributed by atoms with van der Waals surface area (Å²) in [5, 5.41) is 0.708. The fourth-order valence-corrected chi connectivity index (χ4v) is 1.55. The van der Waals surface area contributed by atoms with Gasteiger partial charge in [0.25, 0.3) is 0 Å². The molecular weight excluding hydrogens is 214 g/mol. The van der Waals surface area contributed by atoms with E-state index in [2.05, 4.69) is 0 Å². The lowest BCUT2D eigenvalue weighted by Crippen LogP contribution is -1.95. The van der Waals surface area contributed by atoms with Crippen LogP contribution in [0.5, 0.6) is 0 Å². The molecule has 0 saturated heterocycles. The second-order valence-corrected chi connectivity index (χ2v) is 3.78. The minimum Gasteiger partial charge on any atom is -0.337 e. The normalized spacial score (nSPS) is 10.5. The third-order valence-electron chi connectivity index (χ3n) is 2.21. The molecule has 3 nitrogen and oxygen atoms in total. The monoisotopic (exact) mass is 223 g/mol. The van der Waals surface area contributed by atoms with Crippen molar-refractivity contribution in [2.24, 2.45) is 7.05 Å². The summed E-state index contributed by atoms with van der Waals surface area (Å²) < 4.78 is 6.33. The molecule has 1 aromatic carbocycles. The molecule has 2 aromatic rings. The Morgan fingerprint density at radius 2 is 2.00 bits per heavy atom. The molecule has 0 unspecified atom stereocenters. The van der Waals surface area contributed by atoms with Gasteiger partial charge < -0.3 is 4.52 Å². The first-order valence-electron chi connectivity index (χ1n) is 4.56. The number of aromatic nitrogens is 1. The van der Waals surface area contributed by atoms with Crippen LogP contribution in [0.2, 0.25) is 5.02 Å². The molecular formula is C11H10ClNO2. The van der Waals surface area contributed by atoms with E-state index in [1.54, 1.807) is 7.05 Å². The minimum atomic E-state index is -0.318. The maximum atomic E-state index is 10.9. The van der Waals surface area contributed by atoms with Crippen LogP contribution in [0, 0.1) is 0 Å². The maximum Gasteiger partial charge on any atom is 0.357 e. The van der Waals surface area contributed by atoms with Crippen LogP contribution in [0.15, 0.2) is 39.6 Å². The molecule has 0 aliphatic carbocycles. The Bertz CT molecular complexity index is 510. The summed E-state index contributed by atoms with van der Waals surface area (Å²) in [6, 6.07) is 9.01. The molecule has 0 fully saturated rings. The Morgan fingerprint density at radius 3 is 2.53 bits per heavy atom. The van der Waals surface area contributed by atoms with Gasteiger partial charge in [0.15, 0.2) is 0 Å². The number of hydrogen-bond acceptors (Lipinski definition) is 2. The van der Waals surface area contributed by atoms with E-state index in [1.165, 1.54) is 10.8 Å². The summed E-state index contributed by atoms with van der Waals surface area (Å²) in [5.74, 6) is 0. The maximum absolute atomic E-state index is 10.9. The third-order valence-corrected chi connectivity index (χ3v) is 2.47. The van der Waals surface area contributed by atoms with E-state index >= 15 is 0 Å². The first-order valence-corrected chi connectivity index (χ1v) is 4.93. The van der Waals surface area contributed by atoms with E-state index in [4.69, 9.17) is 16.1 Å². The van der Waals surface area contributed by atoms with Crippen LogP contribution in [-0.2, 0) is 13.5 Å². The fourth-order valence-electron chi connectivity index (χ4n) is 1.42. The van der Waals surface area contributed by atoms with Crippen molar-refractivity contribution in [3.05, 3.63) is 57.0 Å². The molecule has 0 spiro atoms. The second-order valence-electron chi connectivity index (χ2n) is 3.35. The summed E-state index contributed by atoms with van der Waals surface area (Å²) in [4.78, 5) is 10.9. The minimum absolute atomic E-state index is 0.318. The largest absolute Gasteiger partial charge is 0.357 e. The smallest absolute Gasteiger partial charge is 0.337 e. The van der Waals surface area contributed by atoms with Crippen LogP contribution >= 0.6 is 11.6 Å². The molecule has 0 N–H and O–H groups in total. The molecule has 0 saturated carbocycles. The van der Waals surface area contributed by atoms with Crippen LogP contribution in [-0.4, -0.2) is 4.74 Å². The lowest BCUT2D eigenvalue weighted by molar-refractivity contribution is 0.278. The Hall–Kier alpha value is -1.48. The molecule has 1 aromatic heterocycles. The van der Waals surface area contributed by atoms with Gasteiger partial charge in [-0.25, -0.2) is 9.53 Å². The van der Waals surface area contributed by atoms with Crippen LogP contribution < -0.4 is 5.63 Å². The van der Waals surface area contributed by atoms with Crippen molar-refractivity contribution in [1.82, 2.24) is 4.74 Å². The number of nitrogens with zero attached hydrogens (tertiary/aromatic N) is 1. The van der Waals surface area contributed by atoms with Crippen LogP contribution in [0.3, 0.4) is 0 Å². The van der Waals surface area contributed by atoms with Gasteiger partial charge in [-0.15, -0.1) is 0 Å². The summed E-state index contributed by atoms with van der Waals surface area (Å²) in [6.45, 7) is 0. The molecule has 15 heavy (non-hydrogen) atoms. The SMILES string of the molecule is Cn1oc(=O)cc1Cc1ccc(Cl)cc1. The van der Waals surface area contributed by atoms with Gasteiger partial charge in [0.2, 0.25) is 0 Å². The molecule has 0 radical (unpaired) electrons. The fraction of sp³-hybridized carbons (Fsp3) is 0.182. The Balaban J connectivity index is 2.25. The molecule has 0 aliphatic heterocycles. The number of aryl methyl sites for hydroxylation is 1. The average Bonchev–Trinajstić information content (AvgIpc) is 2.49. The Kier molecular flexibility index (Phi) is 2.64. The zero-order chi connectivity index (χ0) is 10.8. The van der Waals surface area contributed by atoms with Gasteiger partial charge >= 0.3 is 5.63 Å². The van der Waals surface area contributed by atoms with E-state index < -0.39 is 0 Å². The Morgan fingerprint density at radius 1 is 1.33 bits per heavy atom. The predicted molar refractivity (Wildman–Crippen MR) is 58.2 cm³/mol. The zero-order valence-corrected chi connectivity index (χ0v) is 8.99. The first-order chi connectivity index (χ1) is 7.15. The number of hydrogen-bond donors (Lipinski definition) is 0. The third kappa shape index (κ3) is 2.30. The second kappa shape index (κ2) is 3.95. The topological polar surface area (TPSA) is 35.1 Å². The highest BCUT2D eigenvalue weighted by Crippen LogP contribution is 2.12. The van der Waals surface area contributed by atoms with Gasteiger partial charge in [-0.05, 0) is 17.7 Å². The highest BCUT2D eigenvalue weighted by molar-refractivity contribution is 6.30. The molecule has 2 rings (SSSR count). The molecule has 0 amide bonds. The van der Waals surface area contributed by atoms with Crippen LogP contribution in [0.1, 0.15) is 11.3 Å². The summed E-state index contributed by atoms with van der Waals surface area (Å²) in [5.41, 5.74) is 1.62. The lowest BCUT2D eigenvalue weighted by atomic mass is 10.1. The molecule has 78 valence electrons. The van der Waals surface area contributed by atoms with E-state index in [0.29, 0.717) is 11.4 Å². The number of benzene rings is 1. The summed E-state index contributed by atoms with van der Waals surface area (Å²) in [7, 11) is 1.71. The van der Waals surface area contributed by atoms with E-state index in [0.717, 1.165) is 11.3 Å². The first kappa shape index (κ1) is 10.1. The van der Waals surface area contributed by atoms with Crippen LogP contribution in [0.4, 0.5) is 0 Å². The van der Waals surface area contributed by atoms with Gasteiger partial charge in [0, 0.05) is 24.6 Å². The number of rotatable bonds is 2. The summed E-state index contributed by atoms with van der Waals surface area (Å²) >= 11 is 5.78. The van der Waals surface area contributed by atoms with Crippen molar-refractivity contribution in [1.29, 1.82) is 0 Å². The van der Waals surface area contributed by atoms with Gasteiger partial charge in [-0.3, -0.25) is 0 Å². The van der Waals surface area contributed by atoms with Crippen molar-refractivity contribution < 1.29 is 4.52 Å². The zero-order valence-electron chi connectivity index (χ0n) is 8.24. The van der Waals surface area contributed by atoms with E-state index in [-0.39, 0.29) is 5.63 Å². The predicted octanol–water partition coefficient (Wildman–Crippen LogP) is 2.22. The lowest BCUT2D eigenvalue weighted by Gasteiger charge is -2.01. The van der Waals surface area contributed by atoms with Crippen LogP contribution in [0.25, 0.3) is 0 Å². The highest BCUT2D eigenvalue weighted by Gasteiger charge is 2.04. The molecule has 0 atom stereocenters. The van der Waals surface area contributed by atoms with Crippen molar-refractivity contribution in [3.8, 4) is 0 Å². The van der Waals surface area contributed by atoms with Crippen molar-refractivity contribution >= 4 is 11.6 Å². The molecule has 4 heteroatoms. The van der Waals surface area contributed by atoms with Gasteiger partial charge in [-0.2, -0.15) is 0 Å². The molecule has 0 aliphatic rings. The summed E-state index contributed by atoms with van der Waals surface area (Å²) in [6.07, 6.45) is 0.666. The van der Waals surface area contributed by atoms with E-state index in [1.807, 2.05) is 24.3 Å². The van der Waals surface area contributed by atoms with Gasteiger partial charge in [0.1, 0.15) is 0 Å². The molecule has 0 bridgehead atoms. The Labute approximate surface area is 91.9 Å².